The van der Waals surface area contributed by atoms with Crippen LogP contribution in [0.15, 0.2) is 23.1 Å². The first-order chi connectivity index (χ1) is 14.1. The number of ether oxygens (including phenoxy) is 2. The third-order valence-electron chi connectivity index (χ3n) is 4.94. The van der Waals surface area contributed by atoms with Gasteiger partial charge in [0.25, 0.3) is 5.91 Å². The number of benzene rings is 1. The lowest BCUT2D eigenvalue weighted by Gasteiger charge is -2.26. The number of nitrogens with one attached hydrogen (secondary N) is 1. The van der Waals surface area contributed by atoms with Crippen molar-refractivity contribution in [3.8, 4) is 0 Å². The normalized spacial score (nSPS) is 21.8. The Hall–Kier alpha value is -2.02. The van der Waals surface area contributed by atoms with Crippen LogP contribution in [-0.2, 0) is 34.1 Å². The van der Waals surface area contributed by atoms with Gasteiger partial charge in [0, 0.05) is 19.1 Å². The van der Waals surface area contributed by atoms with Crippen LogP contribution < -0.4 is 5.32 Å². The minimum atomic E-state index is -3.80. The highest BCUT2D eigenvalue weighted by molar-refractivity contribution is 7.91. The first-order valence-electron chi connectivity index (χ1n) is 9.44. The van der Waals surface area contributed by atoms with E-state index < -0.39 is 44.4 Å². The minimum absolute atomic E-state index is 0.000497. The summed E-state index contributed by atoms with van der Waals surface area (Å²) in [7, 11) is -6.94. The van der Waals surface area contributed by atoms with Gasteiger partial charge in [0.1, 0.15) is 0 Å². The quantitative estimate of drug-likeness (QED) is 0.560. The molecule has 1 aromatic rings. The van der Waals surface area contributed by atoms with Gasteiger partial charge in [-0.15, -0.1) is 0 Å². The molecule has 0 aromatic heterocycles. The number of hydrogen-bond acceptors (Lipinski definition) is 8. The molecule has 1 unspecified atom stereocenters. The number of rotatable bonds is 6. The van der Waals surface area contributed by atoms with E-state index in [1.54, 1.807) is 6.92 Å². The van der Waals surface area contributed by atoms with E-state index in [0.29, 0.717) is 25.2 Å². The molecule has 2 fully saturated rings. The van der Waals surface area contributed by atoms with Crippen molar-refractivity contribution >= 4 is 31.7 Å². The summed E-state index contributed by atoms with van der Waals surface area (Å²) in [4.78, 5) is 24.3. The predicted octanol–water partition coefficient (Wildman–Crippen LogP) is -0.524. The number of sulfonamides is 1. The molecule has 166 valence electrons. The summed E-state index contributed by atoms with van der Waals surface area (Å²) in [5.41, 5.74) is 0.488. The molecule has 10 nitrogen and oxygen atoms in total. The summed E-state index contributed by atoms with van der Waals surface area (Å²) >= 11 is 0. The summed E-state index contributed by atoms with van der Waals surface area (Å²) in [6, 6.07) is 3.68. The second kappa shape index (κ2) is 9.00. The predicted molar refractivity (Wildman–Crippen MR) is 106 cm³/mol. The maximum Gasteiger partial charge on any atom is 0.338 e. The van der Waals surface area contributed by atoms with Crippen LogP contribution in [0.4, 0.5) is 0 Å². The van der Waals surface area contributed by atoms with Gasteiger partial charge in [-0.05, 0) is 31.0 Å². The molecule has 2 saturated heterocycles. The summed E-state index contributed by atoms with van der Waals surface area (Å²) < 4.78 is 60.1. The third-order valence-corrected chi connectivity index (χ3v) is 8.75. The molecule has 0 radical (unpaired) electrons. The number of carbonyl (C=O) groups excluding carboxylic acids is 2. The molecule has 0 bridgehead atoms. The van der Waals surface area contributed by atoms with E-state index in [9.17, 15) is 26.4 Å². The van der Waals surface area contributed by atoms with Crippen molar-refractivity contribution in [1.82, 2.24) is 9.62 Å². The Labute approximate surface area is 175 Å². The van der Waals surface area contributed by atoms with Crippen LogP contribution in [0.1, 0.15) is 22.3 Å². The summed E-state index contributed by atoms with van der Waals surface area (Å²) in [6.07, 6.45) is 0.322. The highest BCUT2D eigenvalue weighted by atomic mass is 32.2. The molecule has 0 saturated carbocycles. The van der Waals surface area contributed by atoms with Crippen molar-refractivity contribution < 1.29 is 35.9 Å². The van der Waals surface area contributed by atoms with Gasteiger partial charge in [-0.1, -0.05) is 6.07 Å². The van der Waals surface area contributed by atoms with E-state index in [1.165, 1.54) is 22.5 Å². The molecule has 2 aliphatic heterocycles. The third kappa shape index (κ3) is 5.36. The van der Waals surface area contributed by atoms with Gasteiger partial charge in [0.2, 0.25) is 10.0 Å². The van der Waals surface area contributed by atoms with Crippen molar-refractivity contribution in [3.63, 3.8) is 0 Å². The first kappa shape index (κ1) is 22.7. The maximum atomic E-state index is 12.9. The van der Waals surface area contributed by atoms with E-state index >= 15 is 0 Å². The van der Waals surface area contributed by atoms with Crippen molar-refractivity contribution in [1.29, 1.82) is 0 Å². The molecule has 30 heavy (non-hydrogen) atoms. The summed E-state index contributed by atoms with van der Waals surface area (Å²) in [5, 5.41) is 2.52. The van der Waals surface area contributed by atoms with Crippen LogP contribution in [-0.4, -0.2) is 83.5 Å². The molecule has 0 aliphatic carbocycles. The number of morpholine rings is 1. The van der Waals surface area contributed by atoms with Gasteiger partial charge < -0.3 is 14.8 Å². The zero-order valence-electron chi connectivity index (χ0n) is 16.5. The SMILES string of the molecule is Cc1ccc(C(=O)OCC(=O)NC2CCS(=O)(=O)C2)cc1S(=O)(=O)N1CCOCC1. The number of esters is 1. The van der Waals surface area contributed by atoms with Gasteiger partial charge in [0.15, 0.2) is 16.4 Å². The Morgan fingerprint density at radius 1 is 1.27 bits per heavy atom. The summed E-state index contributed by atoms with van der Waals surface area (Å²) in [6.45, 7) is 2.11. The second-order valence-electron chi connectivity index (χ2n) is 7.24. The van der Waals surface area contributed by atoms with Gasteiger partial charge in [-0.2, -0.15) is 4.31 Å². The van der Waals surface area contributed by atoms with Crippen LogP contribution in [0.2, 0.25) is 0 Å². The fourth-order valence-electron chi connectivity index (χ4n) is 3.32. The molecule has 2 heterocycles. The fourth-order valence-corrected chi connectivity index (χ4v) is 6.66. The van der Waals surface area contributed by atoms with Gasteiger partial charge in [0.05, 0.1) is 35.2 Å². The molecule has 2 aliphatic rings. The van der Waals surface area contributed by atoms with E-state index in [1.807, 2.05) is 0 Å². The number of aryl methyl sites for hydroxylation is 1. The first-order valence-corrected chi connectivity index (χ1v) is 12.7. The standard InChI is InChI=1S/C18H24N2O8S2/c1-13-2-3-14(10-16(13)30(25,26)20-5-7-27-8-6-20)18(22)28-11-17(21)19-15-4-9-29(23,24)12-15/h2-3,10,15H,4-9,11-12H2,1H3,(H,19,21). The Bertz CT molecular complexity index is 1030. The lowest BCUT2D eigenvalue weighted by molar-refractivity contribution is -0.124. The van der Waals surface area contributed by atoms with Gasteiger partial charge in [-0.25, -0.2) is 21.6 Å². The molecular weight excluding hydrogens is 436 g/mol. The maximum absolute atomic E-state index is 12.9. The molecule has 1 atom stereocenters. The molecule has 1 aromatic carbocycles. The fraction of sp³-hybridized carbons (Fsp3) is 0.556. The van der Waals surface area contributed by atoms with E-state index in [0.717, 1.165) is 0 Å². The smallest absolute Gasteiger partial charge is 0.338 e. The Balaban J connectivity index is 1.64. The number of hydrogen-bond donors (Lipinski definition) is 1. The second-order valence-corrected chi connectivity index (χ2v) is 11.4. The zero-order chi connectivity index (χ0) is 21.9. The van der Waals surface area contributed by atoms with Crippen molar-refractivity contribution in [3.05, 3.63) is 29.3 Å². The lowest BCUT2D eigenvalue weighted by Crippen LogP contribution is -2.40. The van der Waals surface area contributed by atoms with Crippen molar-refractivity contribution in [2.24, 2.45) is 0 Å². The molecule has 0 spiro atoms. The number of amides is 1. The Morgan fingerprint density at radius 3 is 2.60 bits per heavy atom. The number of nitrogens with zero attached hydrogens (tertiary/aromatic N) is 1. The lowest BCUT2D eigenvalue weighted by atomic mass is 10.1. The van der Waals surface area contributed by atoms with Crippen LogP contribution in [0.5, 0.6) is 0 Å². The molecule has 3 rings (SSSR count). The van der Waals surface area contributed by atoms with Crippen molar-refractivity contribution in [2.45, 2.75) is 24.3 Å². The van der Waals surface area contributed by atoms with Crippen LogP contribution in [0, 0.1) is 6.92 Å². The number of carbonyl (C=O) groups is 2. The average molecular weight is 461 g/mol. The topological polar surface area (TPSA) is 136 Å². The van der Waals surface area contributed by atoms with E-state index in [2.05, 4.69) is 5.32 Å². The van der Waals surface area contributed by atoms with Gasteiger partial charge >= 0.3 is 5.97 Å². The molecule has 12 heteroatoms. The highest BCUT2D eigenvalue weighted by Gasteiger charge is 2.30. The van der Waals surface area contributed by atoms with Crippen molar-refractivity contribution in [2.75, 3.05) is 44.4 Å². The monoisotopic (exact) mass is 460 g/mol. The summed E-state index contributed by atoms with van der Waals surface area (Å²) in [5.74, 6) is -1.57. The van der Waals surface area contributed by atoms with Crippen LogP contribution in [0.3, 0.4) is 0 Å². The largest absolute Gasteiger partial charge is 0.452 e. The van der Waals surface area contributed by atoms with Crippen LogP contribution in [0.25, 0.3) is 0 Å². The molecular formula is C18H24N2O8S2. The molecule has 1 amide bonds. The van der Waals surface area contributed by atoms with E-state index in [-0.39, 0.29) is 35.1 Å². The molecule has 1 N–H and O–H groups in total. The zero-order valence-corrected chi connectivity index (χ0v) is 18.1. The Kier molecular flexibility index (Phi) is 6.80. The highest BCUT2D eigenvalue weighted by Crippen LogP contribution is 2.22. The van der Waals surface area contributed by atoms with Gasteiger partial charge in [-0.3, -0.25) is 4.79 Å². The number of sulfone groups is 1. The Morgan fingerprint density at radius 2 is 1.97 bits per heavy atom. The average Bonchev–Trinajstić information content (AvgIpc) is 3.05. The minimum Gasteiger partial charge on any atom is -0.452 e. The van der Waals surface area contributed by atoms with E-state index in [4.69, 9.17) is 9.47 Å². The van der Waals surface area contributed by atoms with Crippen LogP contribution >= 0.6 is 0 Å².